The first-order chi connectivity index (χ1) is 11.5. The Labute approximate surface area is 142 Å². The smallest absolute Gasteiger partial charge is 0.261 e. The second kappa shape index (κ2) is 5.45. The molecule has 0 atom stereocenters. The summed E-state index contributed by atoms with van der Waals surface area (Å²) in [5, 5.41) is 8.36. The third-order valence-electron chi connectivity index (χ3n) is 4.21. The molecule has 24 heavy (non-hydrogen) atoms. The van der Waals surface area contributed by atoms with Crippen LogP contribution in [0, 0.1) is 6.92 Å². The summed E-state index contributed by atoms with van der Waals surface area (Å²) in [6.45, 7) is 2.35. The van der Waals surface area contributed by atoms with Crippen molar-refractivity contribution < 1.29 is 4.79 Å². The van der Waals surface area contributed by atoms with Gasteiger partial charge in [-0.1, -0.05) is 12.1 Å². The molecular weight excluding hydrogens is 322 g/mol. The van der Waals surface area contributed by atoms with Crippen LogP contribution in [0.4, 0.5) is 0 Å². The van der Waals surface area contributed by atoms with E-state index in [1.165, 1.54) is 11.3 Å². The van der Waals surface area contributed by atoms with Gasteiger partial charge in [-0.3, -0.25) is 9.48 Å². The number of hydrogen-bond donors (Lipinski definition) is 1. The van der Waals surface area contributed by atoms with Crippen LogP contribution in [0.5, 0.6) is 0 Å². The number of fused-ring (bicyclic) bond motifs is 2. The lowest BCUT2D eigenvalue weighted by molar-refractivity contribution is 0.0954. The number of imidazole rings is 1. The van der Waals surface area contributed by atoms with E-state index >= 15 is 0 Å². The summed E-state index contributed by atoms with van der Waals surface area (Å²) in [5.41, 5.74) is 2.94. The van der Waals surface area contributed by atoms with Crippen LogP contribution in [0.3, 0.4) is 0 Å². The van der Waals surface area contributed by atoms with E-state index in [0.29, 0.717) is 11.4 Å². The maximum Gasteiger partial charge on any atom is 0.261 e. The molecule has 1 amide bonds. The minimum atomic E-state index is -0.0809. The SMILES string of the molecule is Cc1nn(C)c2sc(C(=O)NCc3nc4ccccc4n3C)cc12. The van der Waals surface area contributed by atoms with Gasteiger partial charge >= 0.3 is 0 Å². The van der Waals surface area contributed by atoms with Crippen molar-refractivity contribution in [2.45, 2.75) is 13.5 Å². The lowest BCUT2D eigenvalue weighted by Crippen LogP contribution is -2.23. The highest BCUT2D eigenvalue weighted by Gasteiger charge is 2.16. The minimum Gasteiger partial charge on any atom is -0.344 e. The van der Waals surface area contributed by atoms with Gasteiger partial charge in [0.25, 0.3) is 5.91 Å². The fourth-order valence-corrected chi connectivity index (χ4v) is 3.96. The first-order valence-electron chi connectivity index (χ1n) is 7.66. The van der Waals surface area contributed by atoms with Gasteiger partial charge in [0.05, 0.1) is 28.1 Å². The average Bonchev–Trinajstić information content (AvgIpc) is 3.22. The molecule has 0 saturated heterocycles. The van der Waals surface area contributed by atoms with Crippen molar-refractivity contribution in [2.75, 3.05) is 0 Å². The lowest BCUT2D eigenvalue weighted by atomic mass is 10.3. The van der Waals surface area contributed by atoms with E-state index in [9.17, 15) is 4.79 Å². The van der Waals surface area contributed by atoms with E-state index in [2.05, 4.69) is 15.4 Å². The first-order valence-corrected chi connectivity index (χ1v) is 8.48. The van der Waals surface area contributed by atoms with Gasteiger partial charge in [0.1, 0.15) is 10.7 Å². The molecule has 0 spiro atoms. The van der Waals surface area contributed by atoms with Crippen LogP contribution in [0.1, 0.15) is 21.2 Å². The summed E-state index contributed by atoms with van der Waals surface area (Å²) < 4.78 is 3.83. The maximum absolute atomic E-state index is 12.5. The van der Waals surface area contributed by atoms with E-state index in [-0.39, 0.29) is 5.91 Å². The zero-order valence-corrected chi connectivity index (χ0v) is 14.5. The Kier molecular flexibility index (Phi) is 3.38. The highest BCUT2D eigenvalue weighted by Crippen LogP contribution is 2.27. The van der Waals surface area contributed by atoms with Crippen molar-refractivity contribution in [1.82, 2.24) is 24.6 Å². The number of aryl methyl sites for hydroxylation is 3. The molecule has 7 heteroatoms. The van der Waals surface area contributed by atoms with Crippen molar-refractivity contribution in [2.24, 2.45) is 14.1 Å². The molecule has 0 aliphatic carbocycles. The molecule has 3 aromatic heterocycles. The van der Waals surface area contributed by atoms with Gasteiger partial charge in [0, 0.05) is 19.5 Å². The standard InChI is InChI=1S/C17H17N5OS/c1-10-11-8-14(24-17(11)22(3)20-10)16(23)18-9-15-19-12-6-4-5-7-13(12)21(15)2/h4-8H,9H2,1-3H3,(H,18,23). The Hall–Kier alpha value is -2.67. The van der Waals surface area contributed by atoms with Crippen LogP contribution < -0.4 is 5.32 Å². The van der Waals surface area contributed by atoms with Crippen LogP contribution >= 0.6 is 11.3 Å². The zero-order valence-electron chi connectivity index (χ0n) is 13.7. The molecule has 6 nitrogen and oxygen atoms in total. The van der Waals surface area contributed by atoms with Crippen molar-refractivity contribution in [3.05, 3.63) is 46.7 Å². The molecule has 0 aliphatic rings. The van der Waals surface area contributed by atoms with E-state index in [4.69, 9.17) is 0 Å². The Balaban J connectivity index is 1.56. The number of nitrogens with zero attached hydrogens (tertiary/aromatic N) is 4. The number of amides is 1. The molecule has 3 heterocycles. The molecule has 0 aliphatic heterocycles. The maximum atomic E-state index is 12.5. The number of thiophene rings is 1. The molecule has 1 N–H and O–H groups in total. The molecule has 0 saturated carbocycles. The first kappa shape index (κ1) is 14.9. The van der Waals surface area contributed by atoms with Gasteiger partial charge in [-0.2, -0.15) is 5.10 Å². The van der Waals surface area contributed by atoms with Crippen LogP contribution in [0.25, 0.3) is 21.3 Å². The Morgan fingerprint density at radius 2 is 2.08 bits per heavy atom. The summed E-state index contributed by atoms with van der Waals surface area (Å²) in [5.74, 6) is 0.756. The number of nitrogens with one attached hydrogen (secondary N) is 1. The highest BCUT2D eigenvalue weighted by atomic mass is 32.1. The van der Waals surface area contributed by atoms with Crippen LogP contribution in [-0.2, 0) is 20.6 Å². The van der Waals surface area contributed by atoms with Gasteiger partial charge < -0.3 is 9.88 Å². The quantitative estimate of drug-likeness (QED) is 0.624. The predicted octanol–water partition coefficient (Wildman–Crippen LogP) is 2.76. The molecular formula is C17H17N5OS. The predicted molar refractivity (Wildman–Crippen MR) is 95.2 cm³/mol. The third-order valence-corrected chi connectivity index (χ3v) is 5.41. The van der Waals surface area contributed by atoms with Gasteiger partial charge in [0.2, 0.25) is 0 Å². The fraction of sp³-hybridized carbons (Fsp3) is 0.235. The Morgan fingerprint density at radius 3 is 2.83 bits per heavy atom. The molecule has 122 valence electrons. The monoisotopic (exact) mass is 339 g/mol. The topological polar surface area (TPSA) is 64.7 Å². The second-order valence-corrected chi connectivity index (χ2v) is 6.83. The molecule has 4 aromatic rings. The summed E-state index contributed by atoms with van der Waals surface area (Å²) in [6.07, 6.45) is 0. The largest absolute Gasteiger partial charge is 0.344 e. The summed E-state index contributed by atoms with van der Waals surface area (Å²) in [4.78, 5) is 18.8. The number of carbonyl (C=O) groups excluding carboxylic acids is 1. The van der Waals surface area contributed by atoms with E-state index in [1.54, 1.807) is 0 Å². The Morgan fingerprint density at radius 1 is 1.29 bits per heavy atom. The zero-order chi connectivity index (χ0) is 16.8. The number of rotatable bonds is 3. The minimum absolute atomic E-state index is 0.0809. The van der Waals surface area contributed by atoms with E-state index in [1.807, 2.05) is 60.6 Å². The van der Waals surface area contributed by atoms with Crippen LogP contribution in [0.2, 0.25) is 0 Å². The Bertz CT molecular complexity index is 1040. The molecule has 0 radical (unpaired) electrons. The van der Waals surface area contributed by atoms with E-state index in [0.717, 1.165) is 32.8 Å². The number of aromatic nitrogens is 4. The summed E-state index contributed by atoms with van der Waals surface area (Å²) >= 11 is 1.46. The van der Waals surface area contributed by atoms with Crippen molar-refractivity contribution in [3.8, 4) is 0 Å². The van der Waals surface area contributed by atoms with Gasteiger partial charge in [0.15, 0.2) is 0 Å². The fourth-order valence-electron chi connectivity index (χ4n) is 2.92. The van der Waals surface area contributed by atoms with Gasteiger partial charge in [-0.25, -0.2) is 4.98 Å². The van der Waals surface area contributed by atoms with Gasteiger partial charge in [-0.05, 0) is 25.1 Å². The number of benzene rings is 1. The van der Waals surface area contributed by atoms with Crippen molar-refractivity contribution >= 4 is 38.5 Å². The number of carbonyl (C=O) groups is 1. The number of hydrogen-bond acceptors (Lipinski definition) is 4. The molecule has 0 bridgehead atoms. The van der Waals surface area contributed by atoms with Gasteiger partial charge in [-0.15, -0.1) is 11.3 Å². The molecule has 0 unspecified atom stereocenters. The second-order valence-electron chi connectivity index (χ2n) is 5.80. The molecule has 0 fully saturated rings. The molecule has 4 rings (SSSR count). The van der Waals surface area contributed by atoms with E-state index < -0.39 is 0 Å². The normalized spacial score (nSPS) is 11.5. The highest BCUT2D eigenvalue weighted by molar-refractivity contribution is 7.20. The van der Waals surface area contributed by atoms with Crippen LogP contribution in [-0.4, -0.2) is 25.2 Å². The molecule has 1 aromatic carbocycles. The van der Waals surface area contributed by atoms with Crippen LogP contribution in [0.15, 0.2) is 30.3 Å². The number of para-hydroxylation sites is 2. The third kappa shape index (κ3) is 2.28. The van der Waals surface area contributed by atoms with Crippen molar-refractivity contribution in [3.63, 3.8) is 0 Å². The average molecular weight is 339 g/mol. The summed E-state index contributed by atoms with van der Waals surface area (Å²) in [7, 11) is 3.86. The summed E-state index contributed by atoms with van der Waals surface area (Å²) in [6, 6.07) is 9.86. The van der Waals surface area contributed by atoms with Crippen molar-refractivity contribution in [1.29, 1.82) is 0 Å². The lowest BCUT2D eigenvalue weighted by Gasteiger charge is -2.04.